The van der Waals surface area contributed by atoms with Crippen LogP contribution in [0.5, 0.6) is 0 Å². The Morgan fingerprint density at radius 1 is 1.19 bits per heavy atom. The van der Waals surface area contributed by atoms with Crippen LogP contribution >= 0.6 is 11.8 Å². The number of aryl methyl sites for hydroxylation is 1. The zero-order valence-electron chi connectivity index (χ0n) is 17.6. The molecule has 4 rings (SSSR count). The molecule has 4 aromatic rings. The Morgan fingerprint density at radius 2 is 1.91 bits per heavy atom. The van der Waals surface area contributed by atoms with Crippen molar-refractivity contribution in [3.05, 3.63) is 76.2 Å². The minimum atomic E-state index is -0.996. The number of benzene rings is 2. The molecule has 0 fully saturated rings. The SMILES string of the molecule is Cc1oc(=O)oc1COC(=O)C(C)(C)Sc1nc2ccccc2n1-c1ccc(C#N)cc1. The van der Waals surface area contributed by atoms with Crippen molar-refractivity contribution < 1.29 is 18.4 Å². The Labute approximate surface area is 187 Å². The molecule has 0 aliphatic carbocycles. The highest BCUT2D eigenvalue weighted by atomic mass is 32.2. The van der Waals surface area contributed by atoms with E-state index in [0.29, 0.717) is 10.7 Å². The van der Waals surface area contributed by atoms with Crippen molar-refractivity contribution in [2.45, 2.75) is 37.3 Å². The number of aromatic nitrogens is 2. The number of imidazole rings is 1. The molecule has 8 nitrogen and oxygen atoms in total. The lowest BCUT2D eigenvalue weighted by Gasteiger charge is -2.21. The second-order valence-corrected chi connectivity index (χ2v) is 9.09. The van der Waals surface area contributed by atoms with Crippen LogP contribution < -0.4 is 5.82 Å². The number of hydrogen-bond donors (Lipinski definition) is 0. The average Bonchev–Trinajstić information content (AvgIpc) is 3.29. The molecule has 0 spiro atoms. The highest BCUT2D eigenvalue weighted by Gasteiger charge is 2.34. The normalized spacial score (nSPS) is 11.4. The number of thioether (sulfide) groups is 1. The molecular weight excluding hydrogens is 430 g/mol. The number of esters is 1. The highest BCUT2D eigenvalue weighted by Crippen LogP contribution is 2.37. The Morgan fingerprint density at radius 3 is 2.56 bits per heavy atom. The maximum atomic E-state index is 12.8. The van der Waals surface area contributed by atoms with E-state index in [0.717, 1.165) is 16.7 Å². The number of rotatable bonds is 6. The third-order valence-corrected chi connectivity index (χ3v) is 5.93. The lowest BCUT2D eigenvalue weighted by molar-refractivity contribution is -0.147. The first-order chi connectivity index (χ1) is 15.3. The summed E-state index contributed by atoms with van der Waals surface area (Å²) < 4.78 is 16.0. The van der Waals surface area contributed by atoms with Gasteiger partial charge in [-0.15, -0.1) is 0 Å². The Balaban J connectivity index is 1.63. The van der Waals surface area contributed by atoms with Crippen LogP contribution in [0.25, 0.3) is 16.7 Å². The average molecular weight is 449 g/mol. The summed E-state index contributed by atoms with van der Waals surface area (Å²) in [7, 11) is 0. The molecule has 0 radical (unpaired) electrons. The van der Waals surface area contributed by atoms with Crippen LogP contribution in [0.4, 0.5) is 0 Å². The first-order valence-electron chi connectivity index (χ1n) is 9.72. The molecule has 32 heavy (non-hydrogen) atoms. The van der Waals surface area contributed by atoms with E-state index >= 15 is 0 Å². The fraction of sp³-hybridized carbons (Fsp3) is 0.217. The van der Waals surface area contributed by atoms with Gasteiger partial charge in [-0.3, -0.25) is 9.36 Å². The van der Waals surface area contributed by atoms with Crippen LogP contribution in [-0.4, -0.2) is 20.3 Å². The molecule has 162 valence electrons. The third kappa shape index (κ3) is 4.18. The van der Waals surface area contributed by atoms with Crippen molar-refractivity contribution >= 4 is 28.8 Å². The second-order valence-electron chi connectivity index (χ2n) is 7.50. The molecule has 0 amide bonds. The lowest BCUT2D eigenvalue weighted by Crippen LogP contribution is -2.30. The summed E-state index contributed by atoms with van der Waals surface area (Å²) in [6, 6.07) is 16.9. The predicted octanol–water partition coefficient (Wildman–Crippen LogP) is 4.37. The Kier molecular flexibility index (Phi) is 5.63. The lowest BCUT2D eigenvalue weighted by atomic mass is 10.2. The van der Waals surface area contributed by atoms with Gasteiger partial charge in [0.25, 0.3) is 0 Å². The van der Waals surface area contributed by atoms with Crippen molar-refractivity contribution in [2.24, 2.45) is 0 Å². The largest absolute Gasteiger partial charge is 0.519 e. The number of ether oxygens (including phenoxy) is 1. The summed E-state index contributed by atoms with van der Waals surface area (Å²) in [5, 5.41) is 9.70. The Hall–Kier alpha value is -3.77. The number of fused-ring (bicyclic) bond motifs is 1. The van der Waals surface area contributed by atoms with Gasteiger partial charge in [-0.2, -0.15) is 5.26 Å². The zero-order valence-corrected chi connectivity index (χ0v) is 18.4. The van der Waals surface area contributed by atoms with Crippen LogP contribution in [0.15, 0.2) is 67.3 Å². The molecule has 0 unspecified atom stereocenters. The summed E-state index contributed by atoms with van der Waals surface area (Å²) in [5.41, 5.74) is 3.02. The Bertz CT molecular complexity index is 1390. The van der Waals surface area contributed by atoms with Gasteiger partial charge in [-0.25, -0.2) is 9.78 Å². The summed E-state index contributed by atoms with van der Waals surface area (Å²) in [5.74, 6) is -0.882. The van der Waals surface area contributed by atoms with Gasteiger partial charge >= 0.3 is 11.8 Å². The van der Waals surface area contributed by atoms with Gasteiger partial charge in [0.1, 0.15) is 4.75 Å². The van der Waals surface area contributed by atoms with Crippen molar-refractivity contribution in [2.75, 3.05) is 0 Å². The maximum absolute atomic E-state index is 12.8. The zero-order chi connectivity index (χ0) is 22.9. The van der Waals surface area contributed by atoms with Crippen molar-refractivity contribution in [1.29, 1.82) is 5.26 Å². The molecule has 0 aliphatic heterocycles. The summed E-state index contributed by atoms with van der Waals surface area (Å²) >= 11 is 1.25. The van der Waals surface area contributed by atoms with Crippen LogP contribution in [0.3, 0.4) is 0 Å². The monoisotopic (exact) mass is 449 g/mol. The molecule has 0 atom stereocenters. The number of carbonyl (C=O) groups excluding carboxylic acids is 1. The van der Waals surface area contributed by atoms with Gasteiger partial charge in [-0.1, -0.05) is 23.9 Å². The van der Waals surface area contributed by atoms with E-state index < -0.39 is 16.5 Å². The molecule has 0 saturated heterocycles. The van der Waals surface area contributed by atoms with Crippen molar-refractivity contribution in [3.63, 3.8) is 0 Å². The van der Waals surface area contributed by atoms with E-state index in [-0.39, 0.29) is 18.1 Å². The molecule has 0 aliphatic rings. The first kappa shape index (κ1) is 21.5. The quantitative estimate of drug-likeness (QED) is 0.315. The predicted molar refractivity (Wildman–Crippen MR) is 117 cm³/mol. The van der Waals surface area contributed by atoms with Gasteiger partial charge in [-0.05, 0) is 57.2 Å². The fourth-order valence-corrected chi connectivity index (χ4v) is 4.13. The molecule has 2 aromatic heterocycles. The topological polar surface area (TPSA) is 111 Å². The number of carbonyl (C=O) groups is 1. The maximum Gasteiger partial charge on any atom is 0.519 e. The number of nitrogens with zero attached hydrogens (tertiary/aromatic N) is 3. The van der Waals surface area contributed by atoms with Gasteiger partial charge in [0.05, 0.1) is 22.7 Å². The minimum Gasteiger partial charge on any atom is -0.456 e. The van der Waals surface area contributed by atoms with Gasteiger partial charge < -0.3 is 13.6 Å². The van der Waals surface area contributed by atoms with E-state index in [1.165, 1.54) is 11.8 Å². The van der Waals surface area contributed by atoms with E-state index in [2.05, 4.69) is 6.07 Å². The molecule has 2 heterocycles. The van der Waals surface area contributed by atoms with E-state index in [1.807, 2.05) is 41.0 Å². The standard InChI is InChI=1S/C23H19N3O5S/c1-14-19(31-22(28)30-14)13-29-20(27)23(2,3)32-21-25-17-6-4-5-7-18(17)26(21)16-10-8-15(12-24)9-11-16/h4-11H,13H2,1-3H3. The molecule has 0 saturated carbocycles. The first-order valence-corrected chi connectivity index (χ1v) is 10.5. The fourth-order valence-electron chi connectivity index (χ4n) is 3.09. The summed E-state index contributed by atoms with van der Waals surface area (Å²) in [4.78, 5) is 28.7. The molecule has 0 bridgehead atoms. The van der Waals surface area contributed by atoms with Crippen LogP contribution in [-0.2, 0) is 16.1 Å². The minimum absolute atomic E-state index is 0.175. The highest BCUT2D eigenvalue weighted by molar-refractivity contribution is 8.01. The second kappa shape index (κ2) is 8.40. The van der Waals surface area contributed by atoms with Gasteiger partial charge in [0.2, 0.25) is 0 Å². The molecule has 0 N–H and O–H groups in total. The number of nitriles is 1. The molecular formula is C23H19N3O5S. The molecule has 9 heteroatoms. The molecule has 2 aromatic carbocycles. The van der Waals surface area contributed by atoms with E-state index in [9.17, 15) is 9.59 Å². The summed E-state index contributed by atoms with van der Waals surface area (Å²) in [6.45, 7) is 4.84. The van der Waals surface area contributed by atoms with Gasteiger partial charge in [0, 0.05) is 5.69 Å². The van der Waals surface area contributed by atoms with Gasteiger partial charge in [0.15, 0.2) is 23.3 Å². The van der Waals surface area contributed by atoms with Crippen LogP contribution in [0.1, 0.15) is 30.9 Å². The van der Waals surface area contributed by atoms with Crippen molar-refractivity contribution in [1.82, 2.24) is 9.55 Å². The number of hydrogen-bond acceptors (Lipinski definition) is 8. The van der Waals surface area contributed by atoms with Crippen molar-refractivity contribution in [3.8, 4) is 11.8 Å². The van der Waals surface area contributed by atoms with E-state index in [1.54, 1.807) is 32.9 Å². The number of para-hydroxylation sites is 2. The van der Waals surface area contributed by atoms with Crippen LogP contribution in [0.2, 0.25) is 0 Å². The summed E-state index contributed by atoms with van der Waals surface area (Å²) in [6.07, 6.45) is 0. The third-order valence-electron chi connectivity index (χ3n) is 4.79. The smallest absolute Gasteiger partial charge is 0.456 e. The van der Waals surface area contributed by atoms with Crippen LogP contribution in [0, 0.1) is 18.3 Å². The van der Waals surface area contributed by atoms with E-state index in [4.69, 9.17) is 23.8 Å².